The third-order valence-electron chi connectivity index (χ3n) is 2.38. The van der Waals surface area contributed by atoms with E-state index in [1.54, 1.807) is 0 Å². The fraction of sp³-hybridized carbons (Fsp3) is 0.700. The SMILES string of the molecule is CC(=O)N1CCC(O)[C@H]1C(=O)O.CC(O)C(=O)O. The number of aliphatic hydroxyl groups excluding tert-OH is 2. The first-order chi connectivity index (χ1) is 8.18. The van der Waals surface area contributed by atoms with Crippen LogP contribution in [0, 0.1) is 0 Å². The van der Waals surface area contributed by atoms with Gasteiger partial charge in [0.15, 0.2) is 6.04 Å². The topological polar surface area (TPSA) is 135 Å². The minimum absolute atomic E-state index is 0.307. The van der Waals surface area contributed by atoms with Crippen molar-refractivity contribution < 1.29 is 34.8 Å². The van der Waals surface area contributed by atoms with Crippen LogP contribution in [0.2, 0.25) is 0 Å². The van der Waals surface area contributed by atoms with Crippen molar-refractivity contribution in [3.8, 4) is 0 Å². The Hall–Kier alpha value is -1.67. The van der Waals surface area contributed by atoms with Gasteiger partial charge in [0.1, 0.15) is 6.10 Å². The second kappa shape index (κ2) is 6.92. The molecule has 4 N–H and O–H groups in total. The fourth-order valence-electron chi connectivity index (χ4n) is 1.43. The van der Waals surface area contributed by atoms with Crippen LogP contribution in [0.3, 0.4) is 0 Å². The summed E-state index contributed by atoms with van der Waals surface area (Å²) in [5.41, 5.74) is 0. The Morgan fingerprint density at radius 2 is 1.72 bits per heavy atom. The summed E-state index contributed by atoms with van der Waals surface area (Å²) >= 11 is 0. The Balaban J connectivity index is 0.000000411. The summed E-state index contributed by atoms with van der Waals surface area (Å²) in [4.78, 5) is 32.1. The molecule has 1 heterocycles. The molecule has 3 atom stereocenters. The molecule has 0 saturated carbocycles. The number of carbonyl (C=O) groups excluding carboxylic acids is 1. The van der Waals surface area contributed by atoms with Crippen LogP contribution in [0.1, 0.15) is 20.3 Å². The Morgan fingerprint density at radius 3 is 1.94 bits per heavy atom. The van der Waals surface area contributed by atoms with Gasteiger partial charge < -0.3 is 25.3 Å². The number of likely N-dealkylation sites (tertiary alicyclic amines) is 1. The van der Waals surface area contributed by atoms with Crippen molar-refractivity contribution in [1.29, 1.82) is 0 Å². The molecule has 1 aliphatic heterocycles. The zero-order chi connectivity index (χ0) is 14.5. The first-order valence-corrected chi connectivity index (χ1v) is 5.27. The highest BCUT2D eigenvalue weighted by atomic mass is 16.4. The van der Waals surface area contributed by atoms with Gasteiger partial charge in [0, 0.05) is 13.5 Å². The smallest absolute Gasteiger partial charge is 0.332 e. The summed E-state index contributed by atoms with van der Waals surface area (Å²) in [7, 11) is 0. The molecule has 0 aromatic heterocycles. The van der Waals surface area contributed by atoms with E-state index >= 15 is 0 Å². The van der Waals surface area contributed by atoms with Gasteiger partial charge in [-0.3, -0.25) is 4.79 Å². The van der Waals surface area contributed by atoms with Gasteiger partial charge in [-0.25, -0.2) is 9.59 Å². The number of hydrogen-bond acceptors (Lipinski definition) is 5. The molecule has 2 unspecified atom stereocenters. The average Bonchev–Trinajstić information content (AvgIpc) is 2.60. The molecule has 0 bridgehead atoms. The van der Waals surface area contributed by atoms with E-state index in [0.29, 0.717) is 13.0 Å². The maximum absolute atomic E-state index is 10.9. The molecular weight excluding hydrogens is 246 g/mol. The molecule has 8 heteroatoms. The van der Waals surface area contributed by atoms with E-state index < -0.39 is 30.2 Å². The lowest BCUT2D eigenvalue weighted by molar-refractivity contribution is -0.150. The number of nitrogens with zero attached hydrogens (tertiary/aromatic N) is 1. The van der Waals surface area contributed by atoms with Crippen LogP contribution >= 0.6 is 0 Å². The molecule has 8 nitrogen and oxygen atoms in total. The van der Waals surface area contributed by atoms with Gasteiger partial charge >= 0.3 is 11.9 Å². The molecule has 1 saturated heterocycles. The molecule has 0 aromatic carbocycles. The van der Waals surface area contributed by atoms with Gasteiger partial charge in [0.05, 0.1) is 6.10 Å². The molecule has 1 amide bonds. The van der Waals surface area contributed by atoms with Crippen LogP contribution in [-0.4, -0.2) is 68.0 Å². The first-order valence-electron chi connectivity index (χ1n) is 5.27. The van der Waals surface area contributed by atoms with E-state index in [4.69, 9.17) is 15.3 Å². The number of aliphatic hydroxyl groups is 2. The number of carbonyl (C=O) groups is 3. The van der Waals surface area contributed by atoms with Crippen molar-refractivity contribution >= 4 is 17.8 Å². The Kier molecular flexibility index (Phi) is 6.28. The maximum atomic E-state index is 10.9. The third kappa shape index (κ3) is 4.68. The summed E-state index contributed by atoms with van der Waals surface area (Å²) in [6.45, 7) is 2.82. The van der Waals surface area contributed by atoms with Gasteiger partial charge in [-0.15, -0.1) is 0 Å². The van der Waals surface area contributed by atoms with Gasteiger partial charge in [-0.1, -0.05) is 0 Å². The second-order valence-corrected chi connectivity index (χ2v) is 3.87. The number of carboxylic acid groups (broad SMARTS) is 2. The lowest BCUT2D eigenvalue weighted by atomic mass is 10.2. The van der Waals surface area contributed by atoms with E-state index in [0.717, 1.165) is 0 Å². The highest BCUT2D eigenvalue weighted by Gasteiger charge is 2.39. The molecule has 1 fully saturated rings. The summed E-state index contributed by atoms with van der Waals surface area (Å²) < 4.78 is 0. The number of aliphatic carboxylic acids is 2. The van der Waals surface area contributed by atoms with E-state index in [1.807, 2.05) is 0 Å². The normalized spacial score (nSPS) is 23.9. The van der Waals surface area contributed by atoms with E-state index in [-0.39, 0.29) is 5.91 Å². The third-order valence-corrected chi connectivity index (χ3v) is 2.38. The molecular formula is C10H17NO7. The Bertz CT molecular complexity index is 328. The lowest BCUT2D eigenvalue weighted by Gasteiger charge is -2.20. The first kappa shape index (κ1) is 16.3. The highest BCUT2D eigenvalue weighted by molar-refractivity contribution is 5.83. The highest BCUT2D eigenvalue weighted by Crippen LogP contribution is 2.17. The van der Waals surface area contributed by atoms with Crippen LogP contribution in [0.25, 0.3) is 0 Å². The fourth-order valence-corrected chi connectivity index (χ4v) is 1.43. The summed E-state index contributed by atoms with van der Waals surface area (Å²) in [6.07, 6.45) is -1.81. The Morgan fingerprint density at radius 1 is 1.28 bits per heavy atom. The molecule has 104 valence electrons. The van der Waals surface area contributed by atoms with Crippen molar-refractivity contribution in [2.45, 2.75) is 38.5 Å². The van der Waals surface area contributed by atoms with E-state index in [9.17, 15) is 19.5 Å². The van der Waals surface area contributed by atoms with Crippen LogP contribution in [0.5, 0.6) is 0 Å². The van der Waals surface area contributed by atoms with Crippen LogP contribution in [-0.2, 0) is 14.4 Å². The predicted octanol–water partition coefficient (Wildman–Crippen LogP) is -1.50. The Labute approximate surface area is 103 Å². The number of hydrogen-bond donors (Lipinski definition) is 4. The molecule has 0 radical (unpaired) electrons. The quantitative estimate of drug-likeness (QED) is 0.476. The van der Waals surface area contributed by atoms with Gasteiger partial charge in [0.2, 0.25) is 5.91 Å². The van der Waals surface area contributed by atoms with Crippen molar-refractivity contribution in [3.05, 3.63) is 0 Å². The van der Waals surface area contributed by atoms with E-state index in [2.05, 4.69) is 0 Å². The van der Waals surface area contributed by atoms with Crippen molar-refractivity contribution in [3.63, 3.8) is 0 Å². The minimum atomic E-state index is -1.23. The molecule has 1 rings (SSSR count). The van der Waals surface area contributed by atoms with Crippen LogP contribution in [0.4, 0.5) is 0 Å². The second-order valence-electron chi connectivity index (χ2n) is 3.87. The van der Waals surface area contributed by atoms with Gasteiger partial charge in [-0.2, -0.15) is 0 Å². The van der Waals surface area contributed by atoms with Crippen molar-refractivity contribution in [2.75, 3.05) is 6.54 Å². The van der Waals surface area contributed by atoms with Gasteiger partial charge in [-0.05, 0) is 13.3 Å². The average molecular weight is 263 g/mol. The van der Waals surface area contributed by atoms with Gasteiger partial charge in [0.25, 0.3) is 0 Å². The molecule has 18 heavy (non-hydrogen) atoms. The monoisotopic (exact) mass is 263 g/mol. The van der Waals surface area contributed by atoms with Crippen molar-refractivity contribution in [1.82, 2.24) is 4.90 Å². The molecule has 1 aliphatic rings. The predicted molar refractivity (Wildman–Crippen MR) is 58.8 cm³/mol. The maximum Gasteiger partial charge on any atom is 0.332 e. The summed E-state index contributed by atoms with van der Waals surface area (Å²) in [6, 6.07) is -1.05. The number of carboxylic acids is 2. The van der Waals surface area contributed by atoms with Crippen LogP contribution < -0.4 is 0 Å². The number of rotatable bonds is 2. The lowest BCUT2D eigenvalue weighted by Crippen LogP contribution is -2.44. The zero-order valence-electron chi connectivity index (χ0n) is 10.1. The number of amides is 1. The molecule has 0 spiro atoms. The summed E-state index contributed by atoms with van der Waals surface area (Å²) in [5, 5.41) is 33.6. The minimum Gasteiger partial charge on any atom is -0.480 e. The van der Waals surface area contributed by atoms with E-state index in [1.165, 1.54) is 18.7 Å². The van der Waals surface area contributed by atoms with Crippen LogP contribution in [0.15, 0.2) is 0 Å². The van der Waals surface area contributed by atoms with Crippen molar-refractivity contribution in [2.24, 2.45) is 0 Å². The molecule has 0 aromatic rings. The largest absolute Gasteiger partial charge is 0.480 e. The molecule has 0 aliphatic carbocycles. The summed E-state index contributed by atoms with van der Waals surface area (Å²) in [5.74, 6) is -2.64. The standard InChI is InChI=1S/C7H11NO4.C3H6O3/c1-4(9)8-3-2-5(10)6(8)7(11)12;1-2(4)3(5)6/h5-6,10H,2-3H2,1H3,(H,11,12);2,4H,1H3,(H,5,6)/t5?,6-;/m0./s1. The zero-order valence-corrected chi connectivity index (χ0v) is 10.1.